The van der Waals surface area contributed by atoms with Gasteiger partial charge in [0.1, 0.15) is 0 Å². The number of rotatable bonds is 1. The van der Waals surface area contributed by atoms with Gasteiger partial charge in [0.15, 0.2) is 0 Å². The van der Waals surface area contributed by atoms with Gasteiger partial charge in [0.05, 0.1) is 11.8 Å². The minimum Gasteiger partial charge on any atom is -0.285 e. The molecule has 1 amide bonds. The first-order valence-electron chi connectivity index (χ1n) is 2.21. The number of aromatic amines is 1. The molecule has 0 atom stereocenters. The van der Waals surface area contributed by atoms with Crippen LogP contribution in [0.3, 0.4) is 0 Å². The van der Waals surface area contributed by atoms with Crippen LogP contribution in [0.25, 0.3) is 0 Å². The molecule has 0 unspecified atom stereocenters. The molecule has 1 N–H and O–H groups in total. The van der Waals surface area contributed by atoms with Crippen LogP contribution in [0.15, 0.2) is 17.6 Å². The van der Waals surface area contributed by atoms with Gasteiger partial charge < -0.3 is 0 Å². The lowest BCUT2D eigenvalue weighted by atomic mass is 10.4. The number of H-pyrrole nitrogens is 1. The van der Waals surface area contributed by atoms with E-state index >= 15 is 0 Å². The van der Waals surface area contributed by atoms with Crippen molar-refractivity contribution in [2.45, 2.75) is 0 Å². The van der Waals surface area contributed by atoms with Gasteiger partial charge >= 0.3 is 5.91 Å². The van der Waals surface area contributed by atoms with Crippen LogP contribution in [-0.4, -0.2) is 16.1 Å². The van der Waals surface area contributed by atoms with Gasteiger partial charge in [-0.05, 0) is 0 Å². The Balaban J connectivity index is 2.89. The number of carbonyl (C=O) groups is 1. The second-order valence-electron chi connectivity index (χ2n) is 1.38. The van der Waals surface area contributed by atoms with Crippen molar-refractivity contribution in [3.05, 3.63) is 22.9 Å². The molecule has 1 aromatic heterocycles. The van der Waals surface area contributed by atoms with Gasteiger partial charge in [0.25, 0.3) is 0 Å². The predicted octanol–water partition coefficient (Wildman–Crippen LogP) is 0.316. The van der Waals surface area contributed by atoms with Crippen LogP contribution in [0.4, 0.5) is 0 Å². The maximum Gasteiger partial charge on any atom is 0.319 e. The van der Waals surface area contributed by atoms with Crippen LogP contribution < -0.4 is 0 Å². The molecule has 9 heavy (non-hydrogen) atoms. The summed E-state index contributed by atoms with van der Waals surface area (Å²) >= 11 is 0. The highest BCUT2D eigenvalue weighted by molar-refractivity contribution is 5.94. The number of aromatic nitrogens is 2. The number of nitrogens with one attached hydrogen (secondary N) is 1. The van der Waals surface area contributed by atoms with Crippen molar-refractivity contribution in [2.24, 2.45) is 5.18 Å². The molecule has 0 bridgehead atoms. The van der Waals surface area contributed by atoms with E-state index in [0.717, 1.165) is 0 Å². The molecule has 0 aliphatic heterocycles. The summed E-state index contributed by atoms with van der Waals surface area (Å²) in [6.45, 7) is 0. The molecule has 5 heteroatoms. The van der Waals surface area contributed by atoms with Crippen molar-refractivity contribution in [3.8, 4) is 0 Å². The summed E-state index contributed by atoms with van der Waals surface area (Å²) in [4.78, 5) is 19.9. The predicted molar refractivity (Wildman–Crippen MR) is 28.7 cm³/mol. The second-order valence-corrected chi connectivity index (χ2v) is 1.38. The van der Waals surface area contributed by atoms with Crippen LogP contribution in [0.2, 0.25) is 0 Å². The zero-order valence-electron chi connectivity index (χ0n) is 4.37. The molecule has 0 saturated carbocycles. The molecule has 1 heterocycles. The van der Waals surface area contributed by atoms with E-state index in [2.05, 4.69) is 15.4 Å². The molecular weight excluding hydrogens is 122 g/mol. The lowest BCUT2D eigenvalue weighted by Gasteiger charge is -1.75. The third-order valence-electron chi connectivity index (χ3n) is 0.828. The summed E-state index contributed by atoms with van der Waals surface area (Å²) in [5.74, 6) is -0.802. The molecule has 0 aromatic carbocycles. The molecule has 5 nitrogen and oxygen atoms in total. The SMILES string of the molecule is O=NC(=O)c1cn[nH]c1. The van der Waals surface area contributed by atoms with Gasteiger partial charge in [-0.2, -0.15) is 5.10 Å². The van der Waals surface area contributed by atoms with Crippen LogP contribution in [-0.2, 0) is 0 Å². The molecule has 0 radical (unpaired) electrons. The highest BCUT2D eigenvalue weighted by atomic mass is 16.3. The summed E-state index contributed by atoms with van der Waals surface area (Å²) in [5, 5.41) is 8.00. The summed E-state index contributed by atoms with van der Waals surface area (Å²) in [7, 11) is 0. The van der Waals surface area contributed by atoms with E-state index in [4.69, 9.17) is 0 Å². The van der Waals surface area contributed by atoms with Crippen LogP contribution in [0, 0.1) is 4.91 Å². The summed E-state index contributed by atoms with van der Waals surface area (Å²) < 4.78 is 0. The molecule has 0 fully saturated rings. The number of hydrogen-bond donors (Lipinski definition) is 1. The number of carbonyl (C=O) groups excluding carboxylic acids is 1. The molecule has 0 saturated heterocycles. The topological polar surface area (TPSA) is 75.2 Å². The van der Waals surface area contributed by atoms with Crippen LogP contribution in [0.1, 0.15) is 10.4 Å². The molecule has 0 aliphatic rings. The van der Waals surface area contributed by atoms with Gasteiger partial charge in [-0.1, -0.05) is 0 Å². The first kappa shape index (κ1) is 5.61. The minimum absolute atomic E-state index is 0.185. The Morgan fingerprint density at radius 1 is 1.78 bits per heavy atom. The largest absolute Gasteiger partial charge is 0.319 e. The molecule has 0 spiro atoms. The average Bonchev–Trinajstić information content (AvgIpc) is 2.37. The summed E-state index contributed by atoms with van der Waals surface area (Å²) in [6.07, 6.45) is 2.55. The van der Waals surface area contributed by atoms with E-state index in [1.165, 1.54) is 12.4 Å². The lowest BCUT2D eigenvalue weighted by Crippen LogP contribution is -1.88. The molecule has 1 rings (SSSR count). The molecule has 1 aromatic rings. The summed E-state index contributed by atoms with van der Waals surface area (Å²) in [5.41, 5.74) is 0.185. The Bertz CT molecular complexity index is 216. The van der Waals surface area contributed by atoms with Crippen molar-refractivity contribution in [1.29, 1.82) is 0 Å². The maximum absolute atomic E-state index is 10.3. The van der Waals surface area contributed by atoms with E-state index in [1.54, 1.807) is 0 Å². The fraction of sp³-hybridized carbons (Fsp3) is 0. The first-order valence-corrected chi connectivity index (χ1v) is 2.21. The van der Waals surface area contributed by atoms with Crippen molar-refractivity contribution >= 4 is 5.91 Å². The van der Waals surface area contributed by atoms with E-state index < -0.39 is 5.91 Å². The highest BCUT2D eigenvalue weighted by Crippen LogP contribution is 1.94. The van der Waals surface area contributed by atoms with Crippen LogP contribution >= 0.6 is 0 Å². The molecule has 46 valence electrons. The normalized spacial score (nSPS) is 8.89. The number of hydrogen-bond acceptors (Lipinski definition) is 3. The number of amides is 1. The Morgan fingerprint density at radius 2 is 2.56 bits per heavy atom. The third kappa shape index (κ3) is 0.987. The van der Waals surface area contributed by atoms with Crippen LogP contribution in [0.5, 0.6) is 0 Å². The molecule has 0 aliphatic carbocycles. The quantitative estimate of drug-likeness (QED) is 0.549. The van der Waals surface area contributed by atoms with E-state index in [0.29, 0.717) is 0 Å². The first-order chi connectivity index (χ1) is 4.34. The van der Waals surface area contributed by atoms with E-state index in [9.17, 15) is 9.70 Å². The van der Waals surface area contributed by atoms with E-state index in [1.807, 2.05) is 0 Å². The van der Waals surface area contributed by atoms with E-state index in [-0.39, 0.29) is 5.56 Å². The highest BCUT2D eigenvalue weighted by Gasteiger charge is 2.03. The van der Waals surface area contributed by atoms with Crippen molar-refractivity contribution in [3.63, 3.8) is 0 Å². The summed E-state index contributed by atoms with van der Waals surface area (Å²) in [6, 6.07) is 0. The van der Waals surface area contributed by atoms with Gasteiger partial charge in [-0.25, -0.2) is 0 Å². The van der Waals surface area contributed by atoms with Crippen molar-refractivity contribution < 1.29 is 4.79 Å². The Hall–Kier alpha value is -1.52. The van der Waals surface area contributed by atoms with Gasteiger partial charge in [0, 0.05) is 11.4 Å². The zero-order valence-corrected chi connectivity index (χ0v) is 4.37. The van der Waals surface area contributed by atoms with Gasteiger partial charge in [-0.15, -0.1) is 4.91 Å². The lowest BCUT2D eigenvalue weighted by molar-refractivity contribution is 0.100. The third-order valence-corrected chi connectivity index (χ3v) is 0.828. The minimum atomic E-state index is -0.802. The van der Waals surface area contributed by atoms with Crippen molar-refractivity contribution in [2.75, 3.05) is 0 Å². The fourth-order valence-electron chi connectivity index (χ4n) is 0.421. The zero-order chi connectivity index (χ0) is 6.69. The number of nitrogens with zero attached hydrogens (tertiary/aromatic N) is 2. The maximum atomic E-state index is 10.3. The average molecular weight is 125 g/mol. The van der Waals surface area contributed by atoms with Gasteiger partial charge in [-0.3, -0.25) is 9.89 Å². The smallest absolute Gasteiger partial charge is 0.285 e. The standard InChI is InChI=1S/C4H3N3O2/c8-4(7-9)3-1-5-6-2-3/h1-2H,(H,5,6). The number of nitroso groups, excluding NO2 is 1. The molecular formula is C4H3N3O2. The fourth-order valence-corrected chi connectivity index (χ4v) is 0.421. The Labute approximate surface area is 50.0 Å². The Morgan fingerprint density at radius 3 is 3.00 bits per heavy atom. The monoisotopic (exact) mass is 125 g/mol. The second kappa shape index (κ2) is 2.17. The van der Waals surface area contributed by atoms with Crippen molar-refractivity contribution in [1.82, 2.24) is 10.2 Å². The Kier molecular flexibility index (Phi) is 1.35. The van der Waals surface area contributed by atoms with Gasteiger partial charge in [0.2, 0.25) is 0 Å².